The van der Waals surface area contributed by atoms with Gasteiger partial charge in [-0.25, -0.2) is 0 Å². The first-order chi connectivity index (χ1) is 14.4. The Balaban J connectivity index is 1.56. The van der Waals surface area contributed by atoms with E-state index in [2.05, 4.69) is 55.7 Å². The van der Waals surface area contributed by atoms with E-state index in [1.807, 2.05) is 12.1 Å². The zero-order chi connectivity index (χ0) is 21.5. The second kappa shape index (κ2) is 7.75. The molecule has 4 rings (SSSR count). The number of benzene rings is 2. The molecular weight excluding hydrogens is 374 g/mol. The van der Waals surface area contributed by atoms with E-state index in [9.17, 15) is 5.26 Å². The number of piperazine rings is 1. The number of nitriles is 1. The lowest BCUT2D eigenvalue weighted by Gasteiger charge is -2.39. The smallest absolute Gasteiger partial charge is 0.127 e. The summed E-state index contributed by atoms with van der Waals surface area (Å²) >= 11 is 0. The maximum atomic E-state index is 9.22. The van der Waals surface area contributed by atoms with Crippen LogP contribution in [0, 0.1) is 32.1 Å². The van der Waals surface area contributed by atoms with Gasteiger partial charge in [-0.05, 0) is 68.7 Å². The lowest BCUT2D eigenvalue weighted by molar-refractivity contribution is 0.121. The van der Waals surface area contributed by atoms with Crippen LogP contribution in [0.4, 0.5) is 11.4 Å². The van der Waals surface area contributed by atoms with Crippen LogP contribution in [0.5, 0.6) is 11.5 Å². The number of hydrogen-bond acceptors (Lipinski definition) is 5. The van der Waals surface area contributed by atoms with Crippen molar-refractivity contribution in [1.82, 2.24) is 0 Å². The average Bonchev–Trinajstić information content (AvgIpc) is 3.11. The fourth-order valence-corrected chi connectivity index (χ4v) is 4.90. The molecule has 1 fully saturated rings. The molecule has 1 unspecified atom stereocenters. The number of nitrogens with zero attached hydrogens (tertiary/aromatic N) is 3. The highest BCUT2D eigenvalue weighted by molar-refractivity contribution is 5.70. The predicted octanol–water partition coefficient (Wildman–Crippen LogP) is 4.55. The molecule has 2 aromatic rings. The van der Waals surface area contributed by atoms with E-state index < -0.39 is 5.60 Å². The van der Waals surface area contributed by atoms with E-state index in [-0.39, 0.29) is 0 Å². The van der Waals surface area contributed by atoms with Crippen molar-refractivity contribution in [1.29, 1.82) is 5.26 Å². The quantitative estimate of drug-likeness (QED) is 0.747. The Morgan fingerprint density at radius 2 is 1.63 bits per heavy atom. The van der Waals surface area contributed by atoms with Gasteiger partial charge < -0.3 is 19.3 Å². The summed E-state index contributed by atoms with van der Waals surface area (Å²) in [5.74, 6) is 1.89. The number of rotatable bonds is 4. The molecule has 30 heavy (non-hydrogen) atoms. The van der Waals surface area contributed by atoms with Gasteiger partial charge in [-0.1, -0.05) is 0 Å². The first kappa shape index (κ1) is 20.4. The van der Waals surface area contributed by atoms with Crippen LogP contribution >= 0.6 is 0 Å². The van der Waals surface area contributed by atoms with Crippen molar-refractivity contribution in [2.45, 2.75) is 46.1 Å². The minimum Gasteiger partial charge on any atom is -0.497 e. The molecule has 2 heterocycles. The number of fused-ring (bicyclic) bond motifs is 1. The van der Waals surface area contributed by atoms with Crippen molar-refractivity contribution < 1.29 is 9.47 Å². The van der Waals surface area contributed by atoms with E-state index in [0.29, 0.717) is 6.42 Å². The summed E-state index contributed by atoms with van der Waals surface area (Å²) in [6.45, 7) is 12.6. The molecule has 0 saturated carbocycles. The van der Waals surface area contributed by atoms with Crippen LogP contribution in [0.2, 0.25) is 0 Å². The van der Waals surface area contributed by atoms with Gasteiger partial charge in [0.25, 0.3) is 0 Å². The fourth-order valence-electron chi connectivity index (χ4n) is 4.90. The number of methoxy groups -OCH3 is 1. The van der Waals surface area contributed by atoms with E-state index in [1.54, 1.807) is 7.11 Å². The summed E-state index contributed by atoms with van der Waals surface area (Å²) in [7, 11) is 1.70. The molecule has 0 amide bonds. The largest absolute Gasteiger partial charge is 0.497 e. The molecule has 0 aliphatic carbocycles. The molecule has 0 radical (unpaired) electrons. The number of ether oxygens (including phenoxy) is 2. The normalized spacial score (nSPS) is 20.5. The first-order valence-corrected chi connectivity index (χ1v) is 10.7. The molecule has 5 heteroatoms. The van der Waals surface area contributed by atoms with Gasteiger partial charge in [0, 0.05) is 49.5 Å². The molecule has 0 N–H and O–H groups in total. The summed E-state index contributed by atoms with van der Waals surface area (Å²) in [6.07, 6.45) is 1.22. The predicted molar refractivity (Wildman–Crippen MR) is 121 cm³/mol. The van der Waals surface area contributed by atoms with Crippen LogP contribution in [0.25, 0.3) is 0 Å². The van der Waals surface area contributed by atoms with Gasteiger partial charge in [-0.3, -0.25) is 0 Å². The highest BCUT2D eigenvalue weighted by Gasteiger charge is 2.38. The molecule has 2 aromatic carbocycles. The van der Waals surface area contributed by atoms with Crippen molar-refractivity contribution in [2.24, 2.45) is 0 Å². The van der Waals surface area contributed by atoms with Crippen molar-refractivity contribution in [3.8, 4) is 17.6 Å². The summed E-state index contributed by atoms with van der Waals surface area (Å²) in [4.78, 5) is 4.96. The third-order valence-electron chi connectivity index (χ3n) is 6.73. The summed E-state index contributed by atoms with van der Waals surface area (Å²) in [6, 6.07) is 10.6. The SMILES string of the molecule is COc1ccc(N2CCN(c3c(C)c(C)c4c(c3C)CC(C)(CC#N)O4)CC2)cc1. The molecule has 158 valence electrons. The number of anilines is 2. The van der Waals surface area contributed by atoms with Crippen LogP contribution in [-0.2, 0) is 6.42 Å². The lowest BCUT2D eigenvalue weighted by Crippen LogP contribution is -2.47. The second-order valence-electron chi connectivity index (χ2n) is 8.77. The fraction of sp³-hybridized carbons (Fsp3) is 0.480. The van der Waals surface area contributed by atoms with Crippen molar-refractivity contribution in [2.75, 3.05) is 43.1 Å². The Hall–Kier alpha value is -2.87. The molecule has 1 atom stereocenters. The van der Waals surface area contributed by atoms with Crippen LogP contribution in [0.15, 0.2) is 24.3 Å². The topological polar surface area (TPSA) is 48.7 Å². The Morgan fingerprint density at radius 1 is 1.00 bits per heavy atom. The van der Waals surface area contributed by atoms with Gasteiger partial charge in [-0.15, -0.1) is 0 Å². The Morgan fingerprint density at radius 3 is 2.23 bits per heavy atom. The molecule has 2 aliphatic heterocycles. The van der Waals surface area contributed by atoms with E-state index in [0.717, 1.165) is 44.1 Å². The van der Waals surface area contributed by atoms with Crippen LogP contribution in [0.3, 0.4) is 0 Å². The maximum absolute atomic E-state index is 9.22. The molecule has 5 nitrogen and oxygen atoms in total. The second-order valence-corrected chi connectivity index (χ2v) is 8.77. The van der Waals surface area contributed by atoms with Gasteiger partial charge in [0.05, 0.1) is 19.6 Å². The van der Waals surface area contributed by atoms with Gasteiger partial charge in [-0.2, -0.15) is 5.26 Å². The summed E-state index contributed by atoms with van der Waals surface area (Å²) < 4.78 is 11.6. The molecule has 0 bridgehead atoms. The van der Waals surface area contributed by atoms with E-state index >= 15 is 0 Å². The molecule has 0 aromatic heterocycles. The zero-order valence-corrected chi connectivity index (χ0v) is 18.7. The summed E-state index contributed by atoms with van der Waals surface area (Å²) in [5, 5.41) is 9.22. The standard InChI is InChI=1S/C25H31N3O2/c1-17-18(2)24-22(16-25(4,30-24)10-11-26)19(3)23(17)28-14-12-27(13-15-28)20-6-8-21(29-5)9-7-20/h6-9H,10,12-16H2,1-5H3. The van der Waals surface area contributed by atoms with Crippen molar-refractivity contribution >= 4 is 11.4 Å². The Kier molecular flexibility index (Phi) is 5.27. The molecule has 1 saturated heterocycles. The van der Waals surface area contributed by atoms with Gasteiger partial charge in [0.1, 0.15) is 17.1 Å². The Bertz CT molecular complexity index is 985. The third kappa shape index (κ3) is 3.45. The maximum Gasteiger partial charge on any atom is 0.127 e. The van der Waals surface area contributed by atoms with E-state index in [1.165, 1.54) is 33.6 Å². The molecule has 2 aliphatic rings. The van der Waals surface area contributed by atoms with Gasteiger partial charge >= 0.3 is 0 Å². The van der Waals surface area contributed by atoms with Gasteiger partial charge in [0.2, 0.25) is 0 Å². The highest BCUT2D eigenvalue weighted by atomic mass is 16.5. The third-order valence-corrected chi connectivity index (χ3v) is 6.73. The minimum absolute atomic E-state index is 0.412. The first-order valence-electron chi connectivity index (χ1n) is 10.7. The average molecular weight is 406 g/mol. The van der Waals surface area contributed by atoms with Gasteiger partial charge in [0.15, 0.2) is 0 Å². The number of hydrogen-bond donors (Lipinski definition) is 0. The van der Waals surface area contributed by atoms with Crippen LogP contribution in [-0.4, -0.2) is 38.9 Å². The highest BCUT2D eigenvalue weighted by Crippen LogP contribution is 2.46. The summed E-state index contributed by atoms with van der Waals surface area (Å²) in [5.41, 5.74) is 7.29. The Labute approximate surface area is 179 Å². The zero-order valence-electron chi connectivity index (χ0n) is 18.7. The molecular formula is C25H31N3O2. The minimum atomic E-state index is -0.412. The van der Waals surface area contributed by atoms with Crippen LogP contribution in [0.1, 0.15) is 35.6 Å². The lowest BCUT2D eigenvalue weighted by atomic mass is 9.90. The van der Waals surface area contributed by atoms with Crippen LogP contribution < -0.4 is 19.3 Å². The molecule has 0 spiro atoms. The van der Waals surface area contributed by atoms with Crippen molar-refractivity contribution in [3.05, 3.63) is 46.5 Å². The van der Waals surface area contributed by atoms with Crippen molar-refractivity contribution in [3.63, 3.8) is 0 Å². The van der Waals surface area contributed by atoms with E-state index in [4.69, 9.17) is 9.47 Å². The monoisotopic (exact) mass is 405 g/mol.